The molecule has 1 rings (SSSR count). The Morgan fingerprint density at radius 1 is 1.44 bits per heavy atom. The summed E-state index contributed by atoms with van der Waals surface area (Å²) in [7, 11) is 1.38. The van der Waals surface area contributed by atoms with E-state index >= 15 is 0 Å². The van der Waals surface area contributed by atoms with E-state index < -0.39 is 11.7 Å². The third-order valence-electron chi connectivity index (χ3n) is 2.18. The highest BCUT2D eigenvalue weighted by atomic mass is 35.5. The summed E-state index contributed by atoms with van der Waals surface area (Å²) in [6.07, 6.45) is 0. The number of amides is 1. The fourth-order valence-corrected chi connectivity index (χ4v) is 1.49. The lowest BCUT2D eigenvalue weighted by Gasteiger charge is -2.10. The van der Waals surface area contributed by atoms with E-state index in [4.69, 9.17) is 21.1 Å². The molecule has 0 unspecified atom stereocenters. The minimum absolute atomic E-state index is 0.0997. The lowest BCUT2D eigenvalue weighted by Crippen LogP contribution is -2.28. The van der Waals surface area contributed by atoms with Gasteiger partial charge in [-0.15, -0.1) is 11.6 Å². The van der Waals surface area contributed by atoms with Crippen LogP contribution in [0.3, 0.4) is 0 Å². The molecule has 0 spiro atoms. The standard InChI is InChI=1S/C12H15ClFNO3/c1-17-10-4-2-3-9(14)11(10)12(16)15-6-8-18-7-5-13/h2-4H,5-8H2,1H3,(H,15,16). The Labute approximate surface area is 110 Å². The highest BCUT2D eigenvalue weighted by Crippen LogP contribution is 2.20. The van der Waals surface area contributed by atoms with Gasteiger partial charge in [0.2, 0.25) is 0 Å². The largest absolute Gasteiger partial charge is 0.496 e. The van der Waals surface area contributed by atoms with Crippen molar-refractivity contribution in [2.24, 2.45) is 0 Å². The molecule has 6 heteroatoms. The Balaban J connectivity index is 2.56. The molecule has 1 N–H and O–H groups in total. The highest BCUT2D eigenvalue weighted by Gasteiger charge is 2.16. The van der Waals surface area contributed by atoms with Gasteiger partial charge in [0.15, 0.2) is 0 Å². The maximum atomic E-state index is 13.5. The molecule has 0 aliphatic carbocycles. The Morgan fingerprint density at radius 2 is 2.22 bits per heavy atom. The molecule has 0 fully saturated rings. The van der Waals surface area contributed by atoms with Crippen molar-refractivity contribution in [3.8, 4) is 5.75 Å². The van der Waals surface area contributed by atoms with E-state index in [1.165, 1.54) is 25.3 Å². The number of methoxy groups -OCH3 is 1. The van der Waals surface area contributed by atoms with E-state index in [2.05, 4.69) is 5.32 Å². The summed E-state index contributed by atoms with van der Waals surface area (Å²) in [5.74, 6) is -0.545. The van der Waals surface area contributed by atoms with Crippen LogP contribution in [0.2, 0.25) is 0 Å². The first-order valence-electron chi connectivity index (χ1n) is 5.45. The number of nitrogens with one attached hydrogen (secondary N) is 1. The summed E-state index contributed by atoms with van der Waals surface area (Å²) in [5.41, 5.74) is -0.0997. The van der Waals surface area contributed by atoms with Crippen molar-refractivity contribution in [2.45, 2.75) is 0 Å². The van der Waals surface area contributed by atoms with Crippen LogP contribution in [0.25, 0.3) is 0 Å². The quantitative estimate of drug-likeness (QED) is 0.610. The lowest BCUT2D eigenvalue weighted by atomic mass is 10.1. The second kappa shape index (κ2) is 7.89. The Hall–Kier alpha value is -1.33. The monoisotopic (exact) mass is 275 g/mol. The predicted octanol–water partition coefficient (Wildman–Crippen LogP) is 1.82. The van der Waals surface area contributed by atoms with Crippen LogP contribution in [-0.4, -0.2) is 38.7 Å². The fraction of sp³-hybridized carbons (Fsp3) is 0.417. The topological polar surface area (TPSA) is 47.6 Å². The molecule has 0 aliphatic rings. The van der Waals surface area contributed by atoms with E-state index in [-0.39, 0.29) is 17.9 Å². The second-order valence-electron chi connectivity index (χ2n) is 3.37. The van der Waals surface area contributed by atoms with Crippen molar-refractivity contribution in [1.82, 2.24) is 5.32 Å². The SMILES string of the molecule is COc1cccc(F)c1C(=O)NCCOCCCl. The zero-order valence-electron chi connectivity index (χ0n) is 10.0. The maximum Gasteiger partial charge on any atom is 0.258 e. The average Bonchev–Trinajstić information content (AvgIpc) is 2.37. The molecule has 0 radical (unpaired) electrons. The van der Waals surface area contributed by atoms with Gasteiger partial charge in [-0.05, 0) is 12.1 Å². The first kappa shape index (κ1) is 14.7. The summed E-state index contributed by atoms with van der Waals surface area (Å²) in [5, 5.41) is 2.55. The summed E-state index contributed by atoms with van der Waals surface area (Å²) in [6, 6.07) is 4.22. The summed E-state index contributed by atoms with van der Waals surface area (Å²) < 4.78 is 23.6. The van der Waals surface area contributed by atoms with Crippen molar-refractivity contribution in [3.05, 3.63) is 29.6 Å². The van der Waals surface area contributed by atoms with Crippen molar-refractivity contribution in [1.29, 1.82) is 0 Å². The van der Waals surface area contributed by atoms with Gasteiger partial charge in [-0.25, -0.2) is 4.39 Å². The van der Waals surface area contributed by atoms with Gasteiger partial charge >= 0.3 is 0 Å². The Bertz CT molecular complexity index is 401. The van der Waals surface area contributed by atoms with Gasteiger partial charge < -0.3 is 14.8 Å². The van der Waals surface area contributed by atoms with Gasteiger partial charge in [0.1, 0.15) is 17.1 Å². The molecule has 0 aliphatic heterocycles. The highest BCUT2D eigenvalue weighted by molar-refractivity contribution is 6.17. The molecule has 1 aromatic carbocycles. The van der Waals surface area contributed by atoms with Crippen LogP contribution in [0.5, 0.6) is 5.75 Å². The number of rotatable bonds is 7. The number of carbonyl (C=O) groups is 1. The molecular weight excluding hydrogens is 261 g/mol. The molecular formula is C12H15ClFNO3. The van der Waals surface area contributed by atoms with Crippen LogP contribution >= 0.6 is 11.6 Å². The van der Waals surface area contributed by atoms with E-state index in [9.17, 15) is 9.18 Å². The normalized spacial score (nSPS) is 10.2. The first-order valence-corrected chi connectivity index (χ1v) is 5.98. The van der Waals surface area contributed by atoms with Crippen LogP contribution in [0.1, 0.15) is 10.4 Å². The Kier molecular flexibility index (Phi) is 6.46. The van der Waals surface area contributed by atoms with E-state index in [1.807, 2.05) is 0 Å². The average molecular weight is 276 g/mol. The van der Waals surface area contributed by atoms with Gasteiger partial charge in [0.25, 0.3) is 5.91 Å². The van der Waals surface area contributed by atoms with Crippen LogP contribution in [-0.2, 0) is 4.74 Å². The van der Waals surface area contributed by atoms with Crippen molar-refractivity contribution in [3.63, 3.8) is 0 Å². The number of hydrogen-bond donors (Lipinski definition) is 1. The second-order valence-corrected chi connectivity index (χ2v) is 3.75. The van der Waals surface area contributed by atoms with Gasteiger partial charge in [0.05, 0.1) is 20.3 Å². The van der Waals surface area contributed by atoms with Crippen LogP contribution in [0.4, 0.5) is 4.39 Å². The van der Waals surface area contributed by atoms with E-state index in [0.29, 0.717) is 19.1 Å². The van der Waals surface area contributed by atoms with Gasteiger partial charge in [0, 0.05) is 12.4 Å². The lowest BCUT2D eigenvalue weighted by molar-refractivity contribution is 0.0916. The minimum atomic E-state index is -0.617. The minimum Gasteiger partial charge on any atom is -0.496 e. The van der Waals surface area contributed by atoms with Gasteiger partial charge in [-0.3, -0.25) is 4.79 Å². The molecule has 0 saturated carbocycles. The summed E-state index contributed by atoms with van der Waals surface area (Å²) in [4.78, 5) is 11.8. The molecule has 1 aromatic rings. The van der Waals surface area contributed by atoms with Crippen molar-refractivity contribution >= 4 is 17.5 Å². The van der Waals surface area contributed by atoms with Crippen LogP contribution in [0.15, 0.2) is 18.2 Å². The molecule has 0 bridgehead atoms. The zero-order valence-corrected chi connectivity index (χ0v) is 10.8. The van der Waals surface area contributed by atoms with Gasteiger partial charge in [-0.2, -0.15) is 0 Å². The molecule has 0 aromatic heterocycles. The first-order chi connectivity index (χ1) is 8.70. The summed E-state index contributed by atoms with van der Waals surface area (Å²) in [6.45, 7) is 1.03. The smallest absolute Gasteiger partial charge is 0.258 e. The molecule has 0 heterocycles. The molecule has 4 nitrogen and oxygen atoms in total. The molecule has 1 amide bonds. The van der Waals surface area contributed by atoms with Crippen molar-refractivity contribution < 1.29 is 18.7 Å². The zero-order chi connectivity index (χ0) is 13.4. The molecule has 18 heavy (non-hydrogen) atoms. The molecule has 0 saturated heterocycles. The van der Waals surface area contributed by atoms with Gasteiger partial charge in [-0.1, -0.05) is 6.07 Å². The molecule has 0 atom stereocenters. The van der Waals surface area contributed by atoms with Crippen LogP contribution in [0, 0.1) is 5.82 Å². The van der Waals surface area contributed by atoms with E-state index in [0.717, 1.165) is 0 Å². The third kappa shape index (κ3) is 4.16. The maximum absolute atomic E-state index is 13.5. The predicted molar refractivity (Wildman–Crippen MR) is 66.8 cm³/mol. The van der Waals surface area contributed by atoms with Crippen molar-refractivity contribution in [2.75, 3.05) is 32.7 Å². The Morgan fingerprint density at radius 3 is 2.89 bits per heavy atom. The number of ether oxygens (including phenoxy) is 2. The number of benzene rings is 1. The summed E-state index contributed by atoms with van der Waals surface area (Å²) >= 11 is 5.42. The van der Waals surface area contributed by atoms with Crippen LogP contribution < -0.4 is 10.1 Å². The number of carbonyl (C=O) groups excluding carboxylic acids is 1. The number of alkyl halides is 1. The number of halogens is 2. The number of hydrogen-bond acceptors (Lipinski definition) is 3. The van der Waals surface area contributed by atoms with E-state index in [1.54, 1.807) is 0 Å². The third-order valence-corrected chi connectivity index (χ3v) is 2.33. The molecule has 100 valence electrons. The fourth-order valence-electron chi connectivity index (χ4n) is 1.38.